The molecule has 25 heavy (non-hydrogen) atoms. The molecule has 1 aromatic heterocycles. The van der Waals surface area contributed by atoms with Gasteiger partial charge in [-0.05, 0) is 44.5 Å². The molecule has 2 saturated heterocycles. The number of aromatic nitrogens is 2. The van der Waals surface area contributed by atoms with Gasteiger partial charge in [0.05, 0.1) is 17.6 Å². The Morgan fingerprint density at radius 1 is 1.32 bits per heavy atom. The number of nitrogens with zero attached hydrogens (tertiary/aromatic N) is 3. The molecule has 3 heterocycles. The highest BCUT2D eigenvalue weighted by atomic mass is 16.5. The number of benzene rings is 1. The minimum atomic E-state index is -0.323. The van der Waals surface area contributed by atoms with Crippen LogP contribution < -0.4 is 0 Å². The van der Waals surface area contributed by atoms with E-state index in [1.165, 1.54) is 5.56 Å². The van der Waals surface area contributed by atoms with E-state index in [-0.39, 0.29) is 17.9 Å². The first-order valence-corrected chi connectivity index (χ1v) is 9.15. The third kappa shape index (κ3) is 3.41. The number of ether oxygens (including phenoxy) is 1. The average Bonchev–Trinajstić information content (AvgIpc) is 3.04. The molecule has 0 unspecified atom stereocenters. The molecule has 0 spiro atoms. The molecule has 2 aliphatic heterocycles. The average molecular weight is 342 g/mol. The first kappa shape index (κ1) is 16.5. The van der Waals surface area contributed by atoms with Crippen molar-refractivity contribution in [2.75, 3.05) is 39.8 Å². The second-order valence-corrected chi connectivity index (χ2v) is 7.39. The molecule has 0 bridgehead atoms. The number of carbonyl (C=O) groups is 1. The van der Waals surface area contributed by atoms with Crippen LogP contribution in [0.3, 0.4) is 0 Å². The van der Waals surface area contributed by atoms with Crippen molar-refractivity contribution in [3.63, 3.8) is 0 Å². The molecule has 1 N–H and O–H groups in total. The summed E-state index contributed by atoms with van der Waals surface area (Å²) in [4.78, 5) is 25.2. The number of carbonyl (C=O) groups excluding carboxylic acids is 1. The van der Waals surface area contributed by atoms with Crippen molar-refractivity contribution in [2.45, 2.75) is 31.8 Å². The molecular weight excluding hydrogens is 316 g/mol. The Kier molecular flexibility index (Phi) is 4.48. The second-order valence-electron chi connectivity index (χ2n) is 7.39. The summed E-state index contributed by atoms with van der Waals surface area (Å²) in [7, 11) is 2.04. The van der Waals surface area contributed by atoms with Crippen LogP contribution >= 0.6 is 0 Å². The van der Waals surface area contributed by atoms with E-state index in [2.05, 4.69) is 35.0 Å². The quantitative estimate of drug-likeness (QED) is 0.906. The van der Waals surface area contributed by atoms with E-state index in [0.29, 0.717) is 13.2 Å². The van der Waals surface area contributed by atoms with Gasteiger partial charge >= 0.3 is 0 Å². The lowest BCUT2D eigenvalue weighted by Gasteiger charge is -2.36. The van der Waals surface area contributed by atoms with Crippen molar-refractivity contribution in [1.82, 2.24) is 19.8 Å². The smallest absolute Gasteiger partial charge is 0.253 e. The van der Waals surface area contributed by atoms with E-state index in [1.807, 2.05) is 11.9 Å². The molecule has 4 rings (SSSR count). The van der Waals surface area contributed by atoms with Crippen molar-refractivity contribution in [2.24, 2.45) is 0 Å². The predicted octanol–water partition coefficient (Wildman–Crippen LogP) is 1.91. The molecule has 6 heteroatoms. The Hall–Kier alpha value is -1.92. The topological polar surface area (TPSA) is 61.5 Å². The van der Waals surface area contributed by atoms with E-state index in [0.717, 1.165) is 49.3 Å². The SMILES string of the molecule is Cc1ccc2nc([C@H]3CCCN(C(=O)[C@@H]4CN(C)CCO4)C3)[nH]c2c1. The Morgan fingerprint density at radius 2 is 2.20 bits per heavy atom. The number of amides is 1. The van der Waals surface area contributed by atoms with Crippen LogP contribution in [0.4, 0.5) is 0 Å². The highest BCUT2D eigenvalue weighted by molar-refractivity contribution is 5.81. The molecule has 0 aliphatic carbocycles. The van der Waals surface area contributed by atoms with Crippen molar-refractivity contribution in [3.8, 4) is 0 Å². The summed E-state index contributed by atoms with van der Waals surface area (Å²) in [6.07, 6.45) is 1.75. The van der Waals surface area contributed by atoms with E-state index in [9.17, 15) is 4.79 Å². The van der Waals surface area contributed by atoms with E-state index in [1.54, 1.807) is 0 Å². The number of hydrogen-bond donors (Lipinski definition) is 1. The molecule has 0 saturated carbocycles. The standard InChI is InChI=1S/C19H26N4O2/c1-13-5-6-15-16(10-13)21-18(20-15)14-4-3-7-23(11-14)19(24)17-12-22(2)8-9-25-17/h5-6,10,14,17H,3-4,7-9,11-12H2,1-2H3,(H,20,21)/t14-,17-/m0/s1. The zero-order valence-corrected chi connectivity index (χ0v) is 15.0. The Balaban J connectivity index is 1.49. The van der Waals surface area contributed by atoms with Gasteiger partial charge < -0.3 is 19.5 Å². The minimum Gasteiger partial charge on any atom is -0.366 e. The summed E-state index contributed by atoms with van der Waals surface area (Å²) in [5.41, 5.74) is 3.30. The molecule has 0 radical (unpaired) electrons. The van der Waals surface area contributed by atoms with Gasteiger partial charge in [-0.3, -0.25) is 4.79 Å². The third-order valence-corrected chi connectivity index (χ3v) is 5.32. The molecule has 2 aliphatic rings. The zero-order valence-electron chi connectivity index (χ0n) is 15.0. The van der Waals surface area contributed by atoms with E-state index >= 15 is 0 Å². The monoisotopic (exact) mass is 342 g/mol. The predicted molar refractivity (Wildman–Crippen MR) is 96.6 cm³/mol. The van der Waals surface area contributed by atoms with Crippen molar-refractivity contribution < 1.29 is 9.53 Å². The largest absolute Gasteiger partial charge is 0.366 e. The van der Waals surface area contributed by atoms with Gasteiger partial charge in [0.1, 0.15) is 11.9 Å². The van der Waals surface area contributed by atoms with Gasteiger partial charge in [0.2, 0.25) is 0 Å². The van der Waals surface area contributed by atoms with Crippen molar-refractivity contribution in [1.29, 1.82) is 0 Å². The van der Waals surface area contributed by atoms with Crippen LogP contribution in [0.2, 0.25) is 0 Å². The second kappa shape index (κ2) is 6.77. The van der Waals surface area contributed by atoms with Crippen molar-refractivity contribution in [3.05, 3.63) is 29.6 Å². The number of nitrogens with one attached hydrogen (secondary N) is 1. The highest BCUT2D eigenvalue weighted by Gasteiger charge is 2.33. The lowest BCUT2D eigenvalue weighted by Crippen LogP contribution is -2.51. The molecule has 2 fully saturated rings. The molecule has 6 nitrogen and oxygen atoms in total. The van der Waals surface area contributed by atoms with Gasteiger partial charge in [0.25, 0.3) is 5.91 Å². The maximum Gasteiger partial charge on any atom is 0.253 e. The molecule has 1 amide bonds. The summed E-state index contributed by atoms with van der Waals surface area (Å²) in [5.74, 6) is 1.40. The number of rotatable bonds is 2. The Bertz CT molecular complexity index is 772. The molecule has 2 atom stereocenters. The van der Waals surface area contributed by atoms with E-state index < -0.39 is 0 Å². The number of H-pyrrole nitrogens is 1. The van der Waals surface area contributed by atoms with Crippen LogP contribution in [0.1, 0.15) is 30.1 Å². The fraction of sp³-hybridized carbons (Fsp3) is 0.579. The van der Waals surface area contributed by atoms with Crippen LogP contribution in [-0.4, -0.2) is 71.6 Å². The first-order chi connectivity index (χ1) is 12.1. The number of aromatic amines is 1. The van der Waals surface area contributed by atoms with Gasteiger partial charge in [-0.2, -0.15) is 0 Å². The number of aryl methyl sites for hydroxylation is 1. The first-order valence-electron chi connectivity index (χ1n) is 9.15. The highest BCUT2D eigenvalue weighted by Crippen LogP contribution is 2.27. The van der Waals surface area contributed by atoms with Gasteiger partial charge in [-0.25, -0.2) is 4.98 Å². The summed E-state index contributed by atoms with van der Waals surface area (Å²) < 4.78 is 5.71. The molecule has 2 aromatic rings. The Labute approximate surface area is 148 Å². The van der Waals surface area contributed by atoms with Crippen LogP contribution in [0.25, 0.3) is 11.0 Å². The fourth-order valence-electron chi connectivity index (χ4n) is 3.87. The van der Waals surface area contributed by atoms with Crippen LogP contribution in [0, 0.1) is 6.92 Å². The van der Waals surface area contributed by atoms with Crippen LogP contribution in [0.15, 0.2) is 18.2 Å². The summed E-state index contributed by atoms with van der Waals surface area (Å²) in [5, 5.41) is 0. The summed E-state index contributed by atoms with van der Waals surface area (Å²) in [6, 6.07) is 6.27. The third-order valence-electron chi connectivity index (χ3n) is 5.32. The maximum atomic E-state index is 12.8. The fourth-order valence-corrected chi connectivity index (χ4v) is 3.87. The van der Waals surface area contributed by atoms with Crippen LogP contribution in [-0.2, 0) is 9.53 Å². The molecule has 1 aromatic carbocycles. The van der Waals surface area contributed by atoms with Gasteiger partial charge in [0, 0.05) is 32.1 Å². The molecule has 134 valence electrons. The minimum absolute atomic E-state index is 0.128. The van der Waals surface area contributed by atoms with Crippen LogP contribution in [0.5, 0.6) is 0 Å². The van der Waals surface area contributed by atoms with Gasteiger partial charge in [-0.15, -0.1) is 0 Å². The molecular formula is C19H26N4O2. The number of hydrogen-bond acceptors (Lipinski definition) is 4. The maximum absolute atomic E-state index is 12.8. The number of likely N-dealkylation sites (N-methyl/N-ethyl adjacent to an activating group) is 1. The number of morpholine rings is 1. The lowest BCUT2D eigenvalue weighted by molar-refractivity contribution is -0.150. The number of fused-ring (bicyclic) bond motifs is 1. The number of imidazole rings is 1. The zero-order chi connectivity index (χ0) is 17.4. The number of likely N-dealkylation sites (tertiary alicyclic amines) is 1. The lowest BCUT2D eigenvalue weighted by atomic mass is 9.97. The van der Waals surface area contributed by atoms with Crippen molar-refractivity contribution >= 4 is 16.9 Å². The van der Waals surface area contributed by atoms with E-state index in [4.69, 9.17) is 9.72 Å². The number of piperidine rings is 1. The summed E-state index contributed by atoms with van der Waals surface area (Å²) in [6.45, 7) is 5.84. The Morgan fingerprint density at radius 3 is 3.04 bits per heavy atom. The summed E-state index contributed by atoms with van der Waals surface area (Å²) >= 11 is 0. The normalized spacial score (nSPS) is 25.4. The van der Waals surface area contributed by atoms with Gasteiger partial charge in [-0.1, -0.05) is 6.07 Å². The van der Waals surface area contributed by atoms with Gasteiger partial charge in [0.15, 0.2) is 0 Å².